The van der Waals surface area contributed by atoms with Crippen LogP contribution in [0.25, 0.3) is 0 Å². The summed E-state index contributed by atoms with van der Waals surface area (Å²) in [6.45, 7) is 9.56. The van der Waals surface area contributed by atoms with Gasteiger partial charge < -0.3 is 4.90 Å². The maximum atomic E-state index is 12.4. The molecule has 0 spiro atoms. The number of halogens is 1. The molecule has 1 aliphatic rings. The number of carbonyl (C=O) groups is 1. The van der Waals surface area contributed by atoms with Gasteiger partial charge in [-0.05, 0) is 26.8 Å². The maximum Gasteiger partial charge on any atom is 0.257 e. The fourth-order valence-electron chi connectivity index (χ4n) is 2.30. The second kappa shape index (κ2) is 5.88. The van der Waals surface area contributed by atoms with Gasteiger partial charge in [-0.25, -0.2) is 0 Å². The zero-order valence-corrected chi connectivity index (χ0v) is 12.4. The van der Waals surface area contributed by atoms with E-state index < -0.39 is 0 Å². The Hall–Kier alpha value is -1.13. The number of carbonyl (C=O) groups excluding carboxylic acids is 1. The van der Waals surface area contributed by atoms with Crippen LogP contribution in [0.2, 0.25) is 5.02 Å². The van der Waals surface area contributed by atoms with Crippen LogP contribution < -0.4 is 0 Å². The number of hydrogen-bond acceptors (Lipinski definition) is 3. The Kier molecular flexibility index (Phi) is 4.42. The topological polar surface area (TPSA) is 36.4 Å². The van der Waals surface area contributed by atoms with Gasteiger partial charge >= 0.3 is 0 Å². The summed E-state index contributed by atoms with van der Waals surface area (Å²) in [4.78, 5) is 20.8. The predicted molar refractivity (Wildman–Crippen MR) is 76.6 cm³/mol. The largest absolute Gasteiger partial charge is 0.336 e. The first-order valence-corrected chi connectivity index (χ1v) is 7.02. The van der Waals surface area contributed by atoms with Crippen molar-refractivity contribution in [2.45, 2.75) is 26.8 Å². The van der Waals surface area contributed by atoms with Crippen molar-refractivity contribution in [2.24, 2.45) is 0 Å². The Balaban J connectivity index is 2.05. The average Bonchev–Trinajstić information content (AvgIpc) is 2.38. The van der Waals surface area contributed by atoms with E-state index in [0.717, 1.165) is 31.9 Å². The van der Waals surface area contributed by atoms with Gasteiger partial charge in [0.25, 0.3) is 5.91 Å². The number of aromatic nitrogens is 1. The maximum absolute atomic E-state index is 12.4. The molecule has 0 aromatic carbocycles. The molecule has 1 amide bonds. The van der Waals surface area contributed by atoms with Crippen molar-refractivity contribution in [3.05, 3.63) is 28.5 Å². The number of nitrogens with zero attached hydrogens (tertiary/aromatic N) is 3. The van der Waals surface area contributed by atoms with Gasteiger partial charge in [-0.3, -0.25) is 14.7 Å². The van der Waals surface area contributed by atoms with Gasteiger partial charge in [0.1, 0.15) is 0 Å². The van der Waals surface area contributed by atoms with Crippen LogP contribution in [-0.2, 0) is 0 Å². The molecule has 1 aromatic heterocycles. The van der Waals surface area contributed by atoms with Gasteiger partial charge in [0.05, 0.1) is 10.6 Å². The van der Waals surface area contributed by atoms with Gasteiger partial charge in [0, 0.05) is 44.1 Å². The van der Waals surface area contributed by atoms with Crippen molar-refractivity contribution in [2.75, 3.05) is 26.2 Å². The van der Waals surface area contributed by atoms with Crippen molar-refractivity contribution < 1.29 is 4.79 Å². The average molecular weight is 282 g/mol. The van der Waals surface area contributed by atoms with Gasteiger partial charge in [-0.2, -0.15) is 0 Å². The lowest BCUT2D eigenvalue weighted by atomic mass is 10.2. The molecule has 1 aromatic rings. The van der Waals surface area contributed by atoms with E-state index in [1.54, 1.807) is 12.3 Å². The molecule has 19 heavy (non-hydrogen) atoms. The van der Waals surface area contributed by atoms with E-state index in [1.807, 2.05) is 11.8 Å². The minimum Gasteiger partial charge on any atom is -0.336 e. The van der Waals surface area contributed by atoms with Crippen LogP contribution in [-0.4, -0.2) is 52.9 Å². The van der Waals surface area contributed by atoms with E-state index in [1.165, 1.54) is 0 Å². The van der Waals surface area contributed by atoms with Gasteiger partial charge in [-0.15, -0.1) is 0 Å². The zero-order chi connectivity index (χ0) is 14.0. The molecule has 1 fully saturated rings. The Bertz CT molecular complexity index is 468. The summed E-state index contributed by atoms with van der Waals surface area (Å²) in [7, 11) is 0. The van der Waals surface area contributed by atoms with Crippen LogP contribution in [0.1, 0.15) is 29.9 Å². The first-order valence-electron chi connectivity index (χ1n) is 6.64. The van der Waals surface area contributed by atoms with Crippen molar-refractivity contribution in [1.82, 2.24) is 14.8 Å². The molecule has 0 aliphatic carbocycles. The van der Waals surface area contributed by atoms with Crippen LogP contribution in [0.3, 0.4) is 0 Å². The highest BCUT2D eigenvalue weighted by Crippen LogP contribution is 2.18. The van der Waals surface area contributed by atoms with Gasteiger partial charge in [0.2, 0.25) is 0 Å². The third-order valence-electron chi connectivity index (χ3n) is 3.55. The SMILES string of the molecule is Cc1cc(Cl)c(C(=O)N2CCN(C(C)C)CC2)cn1. The highest BCUT2D eigenvalue weighted by Gasteiger charge is 2.24. The Morgan fingerprint density at radius 2 is 1.95 bits per heavy atom. The third kappa shape index (κ3) is 3.25. The lowest BCUT2D eigenvalue weighted by molar-refractivity contribution is 0.0595. The Morgan fingerprint density at radius 1 is 1.32 bits per heavy atom. The highest BCUT2D eigenvalue weighted by atomic mass is 35.5. The van der Waals surface area contributed by atoms with Crippen LogP contribution in [0.5, 0.6) is 0 Å². The molecule has 0 N–H and O–H groups in total. The predicted octanol–water partition coefficient (Wildman–Crippen LogP) is 2.21. The standard InChI is InChI=1S/C14H20ClN3O/c1-10(2)17-4-6-18(7-5-17)14(19)12-9-16-11(3)8-13(12)15/h8-10H,4-7H2,1-3H3. The van der Waals surface area contributed by atoms with Crippen LogP contribution in [0.4, 0.5) is 0 Å². The van der Waals surface area contributed by atoms with E-state index in [-0.39, 0.29) is 5.91 Å². The zero-order valence-electron chi connectivity index (χ0n) is 11.7. The molecule has 1 aliphatic heterocycles. The summed E-state index contributed by atoms with van der Waals surface area (Å²) in [5.74, 6) is -0.0130. The number of rotatable bonds is 2. The number of pyridine rings is 1. The smallest absolute Gasteiger partial charge is 0.257 e. The fraction of sp³-hybridized carbons (Fsp3) is 0.571. The van der Waals surface area contributed by atoms with Crippen LogP contribution >= 0.6 is 11.6 Å². The second-order valence-electron chi connectivity index (χ2n) is 5.23. The Morgan fingerprint density at radius 3 is 2.47 bits per heavy atom. The van der Waals surface area contributed by atoms with Crippen molar-refractivity contribution >= 4 is 17.5 Å². The summed E-state index contributed by atoms with van der Waals surface area (Å²) in [5.41, 5.74) is 1.33. The molecule has 0 saturated carbocycles. The molecule has 1 saturated heterocycles. The normalized spacial score (nSPS) is 17.0. The molecule has 4 nitrogen and oxygen atoms in total. The van der Waals surface area contributed by atoms with Crippen molar-refractivity contribution in [3.63, 3.8) is 0 Å². The lowest BCUT2D eigenvalue weighted by Gasteiger charge is -2.37. The van der Waals surface area contributed by atoms with E-state index in [4.69, 9.17) is 11.6 Å². The Labute approximate surface area is 119 Å². The third-order valence-corrected chi connectivity index (χ3v) is 3.87. The van der Waals surface area contributed by atoms with E-state index >= 15 is 0 Å². The molecule has 5 heteroatoms. The lowest BCUT2D eigenvalue weighted by Crippen LogP contribution is -2.50. The van der Waals surface area contributed by atoms with E-state index in [2.05, 4.69) is 23.7 Å². The van der Waals surface area contributed by atoms with Crippen LogP contribution in [0.15, 0.2) is 12.3 Å². The molecule has 0 radical (unpaired) electrons. The van der Waals surface area contributed by atoms with Crippen LogP contribution in [0, 0.1) is 6.92 Å². The summed E-state index contributed by atoms with van der Waals surface area (Å²) in [6.07, 6.45) is 1.58. The number of amides is 1. The number of aryl methyl sites for hydroxylation is 1. The summed E-state index contributed by atoms with van der Waals surface area (Å²) in [5, 5.41) is 0.490. The molecule has 2 heterocycles. The monoisotopic (exact) mass is 281 g/mol. The minimum atomic E-state index is -0.0130. The van der Waals surface area contributed by atoms with Gasteiger partial charge in [0.15, 0.2) is 0 Å². The van der Waals surface area contributed by atoms with E-state index in [9.17, 15) is 4.79 Å². The quantitative estimate of drug-likeness (QED) is 0.834. The molecular weight excluding hydrogens is 262 g/mol. The molecule has 2 rings (SSSR count). The highest BCUT2D eigenvalue weighted by molar-refractivity contribution is 6.33. The minimum absolute atomic E-state index is 0.0130. The molecule has 0 bridgehead atoms. The van der Waals surface area contributed by atoms with E-state index in [0.29, 0.717) is 16.6 Å². The summed E-state index contributed by atoms with van der Waals surface area (Å²) >= 11 is 6.12. The summed E-state index contributed by atoms with van der Waals surface area (Å²) in [6, 6.07) is 2.26. The van der Waals surface area contributed by atoms with Gasteiger partial charge in [-0.1, -0.05) is 11.6 Å². The second-order valence-corrected chi connectivity index (χ2v) is 5.63. The molecular formula is C14H20ClN3O. The molecule has 104 valence electrons. The number of hydrogen-bond donors (Lipinski definition) is 0. The van der Waals surface area contributed by atoms with Crippen molar-refractivity contribution in [3.8, 4) is 0 Å². The van der Waals surface area contributed by atoms with Crippen molar-refractivity contribution in [1.29, 1.82) is 0 Å². The fourth-order valence-corrected chi connectivity index (χ4v) is 2.58. The number of piperazine rings is 1. The summed E-state index contributed by atoms with van der Waals surface area (Å²) < 4.78 is 0. The molecule has 0 unspecified atom stereocenters. The first kappa shape index (κ1) is 14.3. The molecule has 0 atom stereocenters. The first-order chi connectivity index (χ1) is 8.99.